The van der Waals surface area contributed by atoms with Crippen LogP contribution in [0.5, 0.6) is 0 Å². The number of hydrogen-bond donors (Lipinski definition) is 0. The van der Waals surface area contributed by atoms with Gasteiger partial charge in [0.2, 0.25) is 5.91 Å². The molecule has 1 saturated heterocycles. The average molecular weight is 423 g/mol. The molecule has 4 heterocycles. The molecule has 1 aliphatic carbocycles. The van der Waals surface area contributed by atoms with Crippen molar-refractivity contribution in [2.75, 3.05) is 31.1 Å². The van der Waals surface area contributed by atoms with E-state index in [1.807, 2.05) is 23.6 Å². The molecule has 2 fully saturated rings. The van der Waals surface area contributed by atoms with Crippen LogP contribution in [0.1, 0.15) is 24.5 Å². The molecule has 9 heteroatoms. The summed E-state index contributed by atoms with van der Waals surface area (Å²) in [5, 5.41) is 15.0. The summed E-state index contributed by atoms with van der Waals surface area (Å²) < 4.78 is 1.26. The molecule has 3 aromatic rings. The number of carbonyl (C=O) groups is 1. The average Bonchev–Trinajstić information content (AvgIpc) is 3.49. The Morgan fingerprint density at radius 2 is 1.87 bits per heavy atom. The van der Waals surface area contributed by atoms with Crippen molar-refractivity contribution in [3.63, 3.8) is 0 Å². The SMILES string of the molecule is O=C(Cn1nc(-c2cccs2)ccc1=O)N1CCN(c2ccc(C3CC3)nn2)CC1. The molecular weight excluding hydrogens is 400 g/mol. The predicted molar refractivity (Wildman–Crippen MR) is 115 cm³/mol. The van der Waals surface area contributed by atoms with Crippen LogP contribution >= 0.6 is 11.3 Å². The number of piperazine rings is 1. The number of thiophene rings is 1. The minimum Gasteiger partial charge on any atom is -0.352 e. The maximum atomic E-state index is 12.8. The van der Waals surface area contributed by atoms with Crippen molar-refractivity contribution in [2.45, 2.75) is 25.3 Å². The molecule has 3 aromatic heterocycles. The molecule has 0 bridgehead atoms. The van der Waals surface area contributed by atoms with Gasteiger partial charge in [-0.25, -0.2) is 4.68 Å². The number of carbonyl (C=O) groups excluding carboxylic acids is 1. The van der Waals surface area contributed by atoms with Gasteiger partial charge in [0.15, 0.2) is 5.82 Å². The van der Waals surface area contributed by atoms with E-state index in [2.05, 4.69) is 26.3 Å². The monoisotopic (exact) mass is 422 g/mol. The summed E-state index contributed by atoms with van der Waals surface area (Å²) in [7, 11) is 0. The number of nitrogens with zero attached hydrogens (tertiary/aromatic N) is 6. The number of rotatable bonds is 5. The minimum atomic E-state index is -0.270. The quantitative estimate of drug-likeness (QED) is 0.625. The zero-order chi connectivity index (χ0) is 20.5. The molecule has 0 spiro atoms. The molecule has 0 atom stereocenters. The lowest BCUT2D eigenvalue weighted by atomic mass is 10.2. The Morgan fingerprint density at radius 3 is 2.53 bits per heavy atom. The molecule has 5 rings (SSSR count). The fourth-order valence-corrected chi connectivity index (χ4v) is 4.32. The van der Waals surface area contributed by atoms with Gasteiger partial charge in [-0.1, -0.05) is 6.07 Å². The minimum absolute atomic E-state index is 0.0477. The van der Waals surface area contributed by atoms with Crippen LogP contribution in [0.25, 0.3) is 10.6 Å². The Morgan fingerprint density at radius 1 is 1.03 bits per heavy atom. The number of hydrogen-bond acceptors (Lipinski definition) is 7. The van der Waals surface area contributed by atoms with Crippen LogP contribution in [0.3, 0.4) is 0 Å². The first-order valence-corrected chi connectivity index (χ1v) is 11.0. The Kier molecular flexibility index (Phi) is 5.04. The van der Waals surface area contributed by atoms with Crippen LogP contribution in [0.15, 0.2) is 46.6 Å². The fourth-order valence-electron chi connectivity index (χ4n) is 3.63. The van der Waals surface area contributed by atoms with Crippen molar-refractivity contribution in [2.24, 2.45) is 0 Å². The first-order chi connectivity index (χ1) is 14.7. The first kappa shape index (κ1) is 18.9. The highest BCUT2D eigenvalue weighted by Gasteiger charge is 2.26. The van der Waals surface area contributed by atoms with Gasteiger partial charge in [-0.3, -0.25) is 9.59 Å². The zero-order valence-electron chi connectivity index (χ0n) is 16.5. The third kappa shape index (κ3) is 3.97. The van der Waals surface area contributed by atoms with Crippen LogP contribution in [-0.2, 0) is 11.3 Å². The molecule has 30 heavy (non-hydrogen) atoms. The van der Waals surface area contributed by atoms with Gasteiger partial charge in [-0.05, 0) is 42.5 Å². The van der Waals surface area contributed by atoms with E-state index in [4.69, 9.17) is 0 Å². The van der Waals surface area contributed by atoms with Gasteiger partial charge < -0.3 is 9.80 Å². The lowest BCUT2D eigenvalue weighted by Gasteiger charge is -2.35. The largest absolute Gasteiger partial charge is 0.352 e. The maximum Gasteiger partial charge on any atom is 0.267 e. The number of amides is 1. The topological polar surface area (TPSA) is 84.2 Å². The highest BCUT2D eigenvalue weighted by molar-refractivity contribution is 7.13. The third-order valence-corrected chi connectivity index (χ3v) is 6.44. The van der Waals surface area contributed by atoms with E-state index in [9.17, 15) is 9.59 Å². The van der Waals surface area contributed by atoms with E-state index in [1.54, 1.807) is 22.3 Å². The van der Waals surface area contributed by atoms with Crippen LogP contribution in [0, 0.1) is 0 Å². The molecular formula is C21H22N6O2S. The summed E-state index contributed by atoms with van der Waals surface area (Å²) in [6.45, 7) is 2.52. The van der Waals surface area contributed by atoms with Gasteiger partial charge in [0.1, 0.15) is 12.2 Å². The summed E-state index contributed by atoms with van der Waals surface area (Å²) in [6.07, 6.45) is 2.42. The number of anilines is 1. The Hall–Kier alpha value is -3.07. The highest BCUT2D eigenvalue weighted by Crippen LogP contribution is 2.38. The van der Waals surface area contributed by atoms with Crippen LogP contribution in [0.4, 0.5) is 5.82 Å². The molecule has 0 unspecified atom stereocenters. The van der Waals surface area contributed by atoms with Crippen molar-refractivity contribution < 1.29 is 4.79 Å². The Balaban J connectivity index is 1.21. The van der Waals surface area contributed by atoms with Gasteiger partial charge in [0.25, 0.3) is 5.56 Å². The van der Waals surface area contributed by atoms with Gasteiger partial charge >= 0.3 is 0 Å². The first-order valence-electron chi connectivity index (χ1n) is 10.2. The molecule has 2 aliphatic rings. The molecule has 8 nitrogen and oxygen atoms in total. The summed E-state index contributed by atoms with van der Waals surface area (Å²) in [5.41, 5.74) is 1.51. The van der Waals surface area contributed by atoms with Gasteiger partial charge in [0.05, 0.1) is 10.6 Å². The summed E-state index contributed by atoms with van der Waals surface area (Å²) in [6, 6.07) is 11.1. The Labute approximate surface area is 177 Å². The second-order valence-corrected chi connectivity index (χ2v) is 8.60. The second-order valence-electron chi connectivity index (χ2n) is 7.65. The fraction of sp³-hybridized carbons (Fsp3) is 0.381. The molecule has 1 saturated carbocycles. The molecule has 0 aromatic carbocycles. The van der Waals surface area contributed by atoms with E-state index in [0.29, 0.717) is 37.8 Å². The normalized spacial score (nSPS) is 16.7. The maximum absolute atomic E-state index is 12.8. The zero-order valence-corrected chi connectivity index (χ0v) is 17.3. The summed E-state index contributed by atoms with van der Waals surface area (Å²) in [4.78, 5) is 29.9. The highest BCUT2D eigenvalue weighted by atomic mass is 32.1. The molecule has 0 N–H and O–H groups in total. The molecule has 1 amide bonds. The van der Waals surface area contributed by atoms with Crippen molar-refractivity contribution >= 4 is 23.1 Å². The van der Waals surface area contributed by atoms with Crippen molar-refractivity contribution in [3.05, 3.63) is 57.8 Å². The van der Waals surface area contributed by atoms with Crippen LogP contribution in [-0.4, -0.2) is 57.0 Å². The molecule has 154 valence electrons. The van der Waals surface area contributed by atoms with E-state index in [1.165, 1.54) is 23.6 Å². The molecule has 1 aliphatic heterocycles. The summed E-state index contributed by atoms with van der Waals surface area (Å²) >= 11 is 1.55. The van der Waals surface area contributed by atoms with E-state index >= 15 is 0 Å². The lowest BCUT2D eigenvalue weighted by Crippen LogP contribution is -2.50. The van der Waals surface area contributed by atoms with Crippen LogP contribution in [0.2, 0.25) is 0 Å². The van der Waals surface area contributed by atoms with E-state index < -0.39 is 0 Å². The summed E-state index contributed by atoms with van der Waals surface area (Å²) in [5.74, 6) is 1.35. The van der Waals surface area contributed by atoms with Gasteiger partial charge in [0, 0.05) is 38.2 Å². The number of aromatic nitrogens is 4. The standard InChI is InChI=1S/C21H22N6O2S/c28-20-8-6-17(18-2-1-13-30-18)24-27(20)14-21(29)26-11-9-25(10-12-26)19-7-5-16(22-23-19)15-3-4-15/h1-2,5-8,13,15H,3-4,9-12,14H2. The van der Waals surface area contributed by atoms with E-state index in [0.717, 1.165) is 16.4 Å². The third-order valence-electron chi connectivity index (χ3n) is 5.55. The van der Waals surface area contributed by atoms with E-state index in [-0.39, 0.29) is 18.0 Å². The van der Waals surface area contributed by atoms with Gasteiger partial charge in [-0.2, -0.15) is 10.2 Å². The van der Waals surface area contributed by atoms with Crippen molar-refractivity contribution in [3.8, 4) is 10.6 Å². The molecule has 0 radical (unpaired) electrons. The predicted octanol–water partition coefficient (Wildman–Crippen LogP) is 1.99. The van der Waals surface area contributed by atoms with Crippen molar-refractivity contribution in [1.29, 1.82) is 0 Å². The van der Waals surface area contributed by atoms with Gasteiger partial charge in [-0.15, -0.1) is 16.4 Å². The second kappa shape index (κ2) is 7.98. The Bertz CT molecular complexity index is 1080. The van der Waals surface area contributed by atoms with Crippen molar-refractivity contribution in [1.82, 2.24) is 24.9 Å². The lowest BCUT2D eigenvalue weighted by molar-refractivity contribution is -0.132. The smallest absolute Gasteiger partial charge is 0.267 e. The van der Waals surface area contributed by atoms with Crippen LogP contribution < -0.4 is 10.5 Å².